The average molecular weight is 726 g/mol. The Balaban J connectivity index is 1.09. The summed E-state index contributed by atoms with van der Waals surface area (Å²) in [5.41, 5.74) is 15.2. The molecule has 0 spiro atoms. The fourth-order valence-corrected chi connectivity index (χ4v) is 8.52. The van der Waals surface area contributed by atoms with E-state index in [1.165, 1.54) is 43.7 Å². The van der Waals surface area contributed by atoms with Gasteiger partial charge in [0.25, 0.3) is 0 Å². The van der Waals surface area contributed by atoms with Crippen molar-refractivity contribution in [1.82, 2.24) is 14.5 Å². The first kappa shape index (κ1) is 32.8. The van der Waals surface area contributed by atoms with Crippen molar-refractivity contribution in [2.75, 3.05) is 0 Å². The predicted molar refractivity (Wildman–Crippen MR) is 239 cm³/mol. The number of aromatic nitrogens is 3. The minimum absolute atomic E-state index is 0.928. The third-order valence-corrected chi connectivity index (χ3v) is 11.2. The van der Waals surface area contributed by atoms with Gasteiger partial charge in [0.05, 0.1) is 33.6 Å². The maximum atomic E-state index is 5.30. The highest BCUT2D eigenvalue weighted by Crippen LogP contribution is 2.41. The van der Waals surface area contributed by atoms with Crippen molar-refractivity contribution in [3.05, 3.63) is 212 Å². The quantitative estimate of drug-likeness (QED) is 0.160. The molecule has 57 heavy (non-hydrogen) atoms. The van der Waals surface area contributed by atoms with E-state index in [9.17, 15) is 0 Å². The Labute approximate surface area is 330 Å². The Morgan fingerprint density at radius 2 is 0.807 bits per heavy atom. The Morgan fingerprint density at radius 1 is 0.298 bits per heavy atom. The van der Waals surface area contributed by atoms with Crippen LogP contribution in [0.4, 0.5) is 0 Å². The van der Waals surface area contributed by atoms with Crippen LogP contribution in [0.3, 0.4) is 0 Å². The number of rotatable bonds is 6. The molecular weight excluding hydrogens is 691 g/mol. The molecular formula is C54H35N3. The van der Waals surface area contributed by atoms with Crippen LogP contribution < -0.4 is 0 Å². The molecule has 0 amide bonds. The Morgan fingerprint density at radius 3 is 1.42 bits per heavy atom. The molecule has 0 aliphatic rings. The van der Waals surface area contributed by atoms with E-state index < -0.39 is 0 Å². The van der Waals surface area contributed by atoms with Crippen molar-refractivity contribution >= 4 is 43.5 Å². The van der Waals surface area contributed by atoms with Gasteiger partial charge in [-0.2, -0.15) is 0 Å². The second-order valence-corrected chi connectivity index (χ2v) is 14.6. The van der Waals surface area contributed by atoms with E-state index in [0.717, 1.165) is 61.5 Å². The van der Waals surface area contributed by atoms with Crippen LogP contribution in [-0.4, -0.2) is 14.5 Å². The number of benzene rings is 8. The monoisotopic (exact) mass is 725 g/mol. The van der Waals surface area contributed by atoms with Crippen molar-refractivity contribution in [3.8, 4) is 61.7 Å². The molecule has 0 bridgehead atoms. The number of nitrogens with zero attached hydrogens (tertiary/aromatic N) is 3. The number of pyridine rings is 2. The van der Waals surface area contributed by atoms with Crippen LogP contribution in [0.25, 0.3) is 105 Å². The third kappa shape index (κ3) is 5.68. The average Bonchev–Trinajstić information content (AvgIpc) is 3.63. The van der Waals surface area contributed by atoms with Crippen LogP contribution in [0.2, 0.25) is 0 Å². The molecule has 266 valence electrons. The lowest BCUT2D eigenvalue weighted by Crippen LogP contribution is -1.95. The van der Waals surface area contributed by atoms with Gasteiger partial charge in [0.15, 0.2) is 0 Å². The third-order valence-electron chi connectivity index (χ3n) is 11.2. The Kier molecular flexibility index (Phi) is 7.82. The second kappa shape index (κ2) is 13.6. The zero-order valence-electron chi connectivity index (χ0n) is 31.0. The first-order valence-electron chi connectivity index (χ1n) is 19.4. The fourth-order valence-electron chi connectivity index (χ4n) is 8.52. The molecule has 3 heterocycles. The van der Waals surface area contributed by atoms with Gasteiger partial charge in [-0.1, -0.05) is 164 Å². The van der Waals surface area contributed by atoms with Crippen LogP contribution >= 0.6 is 0 Å². The molecule has 3 aromatic heterocycles. The summed E-state index contributed by atoms with van der Waals surface area (Å²) < 4.78 is 2.36. The maximum Gasteiger partial charge on any atom is 0.0722 e. The Bertz CT molecular complexity index is 3200. The topological polar surface area (TPSA) is 30.7 Å². The molecule has 8 aromatic carbocycles. The van der Waals surface area contributed by atoms with Gasteiger partial charge in [0.2, 0.25) is 0 Å². The van der Waals surface area contributed by atoms with Gasteiger partial charge in [-0.25, -0.2) is 9.97 Å². The SMILES string of the molecule is c1ccc(-c2cc(-c3cccc4c3ccc3nc(-c5ccccc5)cc(-c5ccccc5)c34)cc(-c3ccc(-n4c5ccccc5c5ccccc54)cc3)n2)cc1. The van der Waals surface area contributed by atoms with Crippen LogP contribution in [-0.2, 0) is 0 Å². The van der Waals surface area contributed by atoms with Gasteiger partial charge < -0.3 is 4.57 Å². The molecule has 3 heteroatoms. The van der Waals surface area contributed by atoms with Crippen LogP contribution in [0.1, 0.15) is 0 Å². The molecule has 0 saturated carbocycles. The molecule has 0 aliphatic heterocycles. The molecule has 0 radical (unpaired) electrons. The van der Waals surface area contributed by atoms with Crippen molar-refractivity contribution in [1.29, 1.82) is 0 Å². The van der Waals surface area contributed by atoms with Crippen molar-refractivity contribution in [3.63, 3.8) is 0 Å². The minimum atomic E-state index is 0.928. The molecule has 3 nitrogen and oxygen atoms in total. The van der Waals surface area contributed by atoms with Gasteiger partial charge in [-0.3, -0.25) is 0 Å². The zero-order valence-corrected chi connectivity index (χ0v) is 31.0. The summed E-state index contributed by atoms with van der Waals surface area (Å²) in [5.74, 6) is 0. The summed E-state index contributed by atoms with van der Waals surface area (Å²) in [5, 5.41) is 6.01. The summed E-state index contributed by atoms with van der Waals surface area (Å²) in [6.45, 7) is 0. The van der Waals surface area contributed by atoms with Crippen molar-refractivity contribution in [2.24, 2.45) is 0 Å². The first-order chi connectivity index (χ1) is 28.3. The van der Waals surface area contributed by atoms with E-state index >= 15 is 0 Å². The maximum absolute atomic E-state index is 5.30. The lowest BCUT2D eigenvalue weighted by molar-refractivity contribution is 1.18. The highest BCUT2D eigenvalue weighted by atomic mass is 15.0. The van der Waals surface area contributed by atoms with Gasteiger partial charge in [0, 0.05) is 38.5 Å². The molecule has 0 unspecified atom stereocenters. The highest BCUT2D eigenvalue weighted by molar-refractivity contribution is 6.17. The molecule has 11 rings (SSSR count). The smallest absolute Gasteiger partial charge is 0.0722 e. The molecule has 11 aromatic rings. The predicted octanol–water partition coefficient (Wildman–Crippen LogP) is 14.2. The van der Waals surface area contributed by atoms with Gasteiger partial charge in [-0.05, 0) is 81.6 Å². The highest BCUT2D eigenvalue weighted by Gasteiger charge is 2.17. The summed E-state index contributed by atoms with van der Waals surface area (Å²) in [7, 11) is 0. The van der Waals surface area contributed by atoms with E-state index in [4.69, 9.17) is 9.97 Å². The van der Waals surface area contributed by atoms with Crippen molar-refractivity contribution < 1.29 is 0 Å². The lowest BCUT2D eigenvalue weighted by atomic mass is 9.91. The number of para-hydroxylation sites is 2. The Hall–Kier alpha value is -7.62. The van der Waals surface area contributed by atoms with Crippen LogP contribution in [0.5, 0.6) is 0 Å². The van der Waals surface area contributed by atoms with E-state index in [-0.39, 0.29) is 0 Å². The molecule has 0 saturated heterocycles. The van der Waals surface area contributed by atoms with Gasteiger partial charge in [-0.15, -0.1) is 0 Å². The largest absolute Gasteiger partial charge is 0.309 e. The standard InChI is InChI=1S/C54H35N3/c1-4-15-36(16-5-1)47-35-51(38-19-8-3-9-20-38)55-48-32-31-43-42(23-14-24-46(43)54(47)48)40-33-49(37-17-6-2-7-18-37)56-50(34-40)39-27-29-41(30-28-39)57-52-25-12-10-21-44(52)45-22-11-13-26-53(45)57/h1-35H. The van der Waals surface area contributed by atoms with Crippen LogP contribution in [0, 0.1) is 0 Å². The molecule has 0 atom stereocenters. The fraction of sp³-hybridized carbons (Fsp3) is 0. The number of hydrogen-bond donors (Lipinski definition) is 0. The van der Waals surface area contributed by atoms with Gasteiger partial charge >= 0.3 is 0 Å². The summed E-state index contributed by atoms with van der Waals surface area (Å²) in [4.78, 5) is 10.5. The van der Waals surface area contributed by atoms with Crippen molar-refractivity contribution in [2.45, 2.75) is 0 Å². The zero-order chi connectivity index (χ0) is 37.7. The van der Waals surface area contributed by atoms with E-state index in [2.05, 4.69) is 211 Å². The molecule has 0 N–H and O–H groups in total. The summed E-state index contributed by atoms with van der Waals surface area (Å²) >= 11 is 0. The summed E-state index contributed by atoms with van der Waals surface area (Å²) in [6.07, 6.45) is 0. The van der Waals surface area contributed by atoms with E-state index in [1.807, 2.05) is 6.07 Å². The van der Waals surface area contributed by atoms with E-state index in [0.29, 0.717) is 0 Å². The minimum Gasteiger partial charge on any atom is -0.309 e. The van der Waals surface area contributed by atoms with Crippen LogP contribution in [0.15, 0.2) is 212 Å². The summed E-state index contributed by atoms with van der Waals surface area (Å²) in [6, 6.07) is 75.6. The number of hydrogen-bond acceptors (Lipinski definition) is 2. The normalized spacial score (nSPS) is 11.5. The first-order valence-corrected chi connectivity index (χ1v) is 19.4. The van der Waals surface area contributed by atoms with E-state index in [1.54, 1.807) is 0 Å². The van der Waals surface area contributed by atoms with Gasteiger partial charge in [0.1, 0.15) is 0 Å². The number of fused-ring (bicyclic) bond motifs is 6. The second-order valence-electron chi connectivity index (χ2n) is 14.6. The lowest BCUT2D eigenvalue weighted by Gasteiger charge is -2.16. The molecule has 0 aliphatic carbocycles. The molecule has 0 fully saturated rings.